The molecule has 1 saturated carbocycles. The van der Waals surface area contributed by atoms with Gasteiger partial charge in [-0.1, -0.05) is 0 Å². The van der Waals surface area contributed by atoms with E-state index in [0.29, 0.717) is 12.6 Å². The molecular weight excluding hydrogens is 202 g/mol. The predicted octanol–water partition coefficient (Wildman–Crippen LogP) is 0.940. The Hall–Kier alpha value is -1.16. The highest BCUT2D eigenvalue weighted by Crippen LogP contribution is 2.32. The number of aromatic nitrogens is 2. The number of nitrogens with one attached hydrogen (secondary N) is 1. The summed E-state index contributed by atoms with van der Waals surface area (Å²) in [6, 6.07) is 3.90. The van der Waals surface area contributed by atoms with Crippen molar-refractivity contribution in [2.24, 2.45) is 5.92 Å². The molecule has 0 saturated heterocycles. The second kappa shape index (κ2) is 4.78. The van der Waals surface area contributed by atoms with Crippen LogP contribution in [0.3, 0.4) is 0 Å². The van der Waals surface area contributed by atoms with Crippen molar-refractivity contribution in [3.63, 3.8) is 0 Å². The molecule has 1 aromatic rings. The molecular formula is C12H19N3O. The van der Waals surface area contributed by atoms with E-state index in [1.165, 1.54) is 17.5 Å². The van der Waals surface area contributed by atoms with Crippen molar-refractivity contribution in [2.75, 3.05) is 6.54 Å². The zero-order chi connectivity index (χ0) is 11.5. The first-order chi connectivity index (χ1) is 7.66. The summed E-state index contributed by atoms with van der Waals surface area (Å²) in [5.74, 6) is 0.849. The lowest BCUT2D eigenvalue weighted by Crippen LogP contribution is -2.34. The number of aryl methyl sites for hydroxylation is 1. The molecule has 1 aromatic heterocycles. The van der Waals surface area contributed by atoms with Crippen molar-refractivity contribution in [1.29, 1.82) is 0 Å². The lowest BCUT2D eigenvalue weighted by atomic mass is 10.2. The Morgan fingerprint density at radius 3 is 3.00 bits per heavy atom. The third-order valence-corrected chi connectivity index (χ3v) is 3.12. The highest BCUT2D eigenvalue weighted by Gasteiger charge is 2.27. The standard InChI is InChI=1S/C12H19N3O/c1-9-3-6-12(16)15(14-9)8-7-13-10(2)11-4-5-11/h3,6,10-11,13H,4-5,7-8H2,1-2H3. The monoisotopic (exact) mass is 221 g/mol. The van der Waals surface area contributed by atoms with Crippen molar-refractivity contribution in [1.82, 2.24) is 15.1 Å². The molecule has 1 N–H and O–H groups in total. The largest absolute Gasteiger partial charge is 0.312 e. The van der Waals surface area contributed by atoms with E-state index < -0.39 is 0 Å². The van der Waals surface area contributed by atoms with E-state index in [-0.39, 0.29) is 5.56 Å². The van der Waals surface area contributed by atoms with Crippen LogP contribution in [0, 0.1) is 12.8 Å². The van der Waals surface area contributed by atoms with Gasteiger partial charge in [-0.15, -0.1) is 0 Å². The topological polar surface area (TPSA) is 46.9 Å². The molecule has 1 fully saturated rings. The molecule has 0 aliphatic heterocycles. The molecule has 1 aliphatic rings. The highest BCUT2D eigenvalue weighted by molar-refractivity contribution is 4.97. The van der Waals surface area contributed by atoms with Crippen molar-refractivity contribution < 1.29 is 0 Å². The minimum atomic E-state index is -0.0218. The molecule has 1 aliphatic carbocycles. The van der Waals surface area contributed by atoms with Crippen LogP contribution in [0.25, 0.3) is 0 Å². The van der Waals surface area contributed by atoms with Gasteiger partial charge in [0.25, 0.3) is 5.56 Å². The van der Waals surface area contributed by atoms with Crippen LogP contribution in [0.1, 0.15) is 25.5 Å². The Bertz CT molecular complexity index is 409. The summed E-state index contributed by atoms with van der Waals surface area (Å²) in [6.45, 7) is 5.58. The summed E-state index contributed by atoms with van der Waals surface area (Å²) in [5, 5.41) is 7.63. The molecule has 0 aromatic carbocycles. The van der Waals surface area contributed by atoms with E-state index in [9.17, 15) is 4.79 Å². The summed E-state index contributed by atoms with van der Waals surface area (Å²) in [6.07, 6.45) is 2.69. The molecule has 16 heavy (non-hydrogen) atoms. The summed E-state index contributed by atoms with van der Waals surface area (Å²) < 4.78 is 1.53. The number of hydrogen-bond donors (Lipinski definition) is 1. The highest BCUT2D eigenvalue weighted by atomic mass is 16.1. The van der Waals surface area contributed by atoms with Gasteiger partial charge >= 0.3 is 0 Å². The Balaban J connectivity index is 1.84. The fraction of sp³-hybridized carbons (Fsp3) is 0.667. The van der Waals surface area contributed by atoms with Gasteiger partial charge in [-0.2, -0.15) is 5.10 Å². The smallest absolute Gasteiger partial charge is 0.266 e. The summed E-state index contributed by atoms with van der Waals surface area (Å²) in [5.41, 5.74) is 0.862. The molecule has 2 rings (SSSR count). The second-order valence-corrected chi connectivity index (χ2v) is 4.62. The molecule has 1 unspecified atom stereocenters. The number of hydrogen-bond acceptors (Lipinski definition) is 3. The minimum Gasteiger partial charge on any atom is -0.312 e. The van der Waals surface area contributed by atoms with Crippen molar-refractivity contribution in [3.05, 3.63) is 28.2 Å². The molecule has 88 valence electrons. The first-order valence-corrected chi connectivity index (χ1v) is 5.95. The van der Waals surface area contributed by atoms with E-state index in [0.717, 1.165) is 18.2 Å². The minimum absolute atomic E-state index is 0.0218. The third-order valence-electron chi connectivity index (χ3n) is 3.12. The van der Waals surface area contributed by atoms with Crippen molar-refractivity contribution >= 4 is 0 Å². The van der Waals surface area contributed by atoms with Gasteiger partial charge in [0.05, 0.1) is 12.2 Å². The van der Waals surface area contributed by atoms with Crippen LogP contribution >= 0.6 is 0 Å². The van der Waals surface area contributed by atoms with Gasteiger partial charge in [0.15, 0.2) is 0 Å². The van der Waals surface area contributed by atoms with Crippen LogP contribution in [0.15, 0.2) is 16.9 Å². The fourth-order valence-electron chi connectivity index (χ4n) is 1.87. The average Bonchev–Trinajstić information content (AvgIpc) is 3.06. The molecule has 1 atom stereocenters. The lowest BCUT2D eigenvalue weighted by molar-refractivity contribution is 0.453. The van der Waals surface area contributed by atoms with Gasteiger partial charge in [0, 0.05) is 18.7 Å². The number of rotatable bonds is 5. The second-order valence-electron chi connectivity index (χ2n) is 4.62. The summed E-state index contributed by atoms with van der Waals surface area (Å²) in [7, 11) is 0. The van der Waals surface area contributed by atoms with E-state index in [4.69, 9.17) is 0 Å². The Kier molecular flexibility index (Phi) is 3.39. The van der Waals surface area contributed by atoms with Crippen LogP contribution in [0.2, 0.25) is 0 Å². The van der Waals surface area contributed by atoms with Gasteiger partial charge in [0.2, 0.25) is 0 Å². The van der Waals surface area contributed by atoms with Gasteiger partial charge < -0.3 is 5.32 Å². The maximum atomic E-state index is 11.5. The Morgan fingerprint density at radius 1 is 1.56 bits per heavy atom. The maximum absolute atomic E-state index is 11.5. The van der Waals surface area contributed by atoms with Crippen LogP contribution in [0.5, 0.6) is 0 Å². The van der Waals surface area contributed by atoms with E-state index >= 15 is 0 Å². The lowest BCUT2D eigenvalue weighted by Gasteiger charge is -2.12. The Labute approximate surface area is 95.7 Å². The van der Waals surface area contributed by atoms with Crippen LogP contribution < -0.4 is 10.9 Å². The number of nitrogens with zero attached hydrogens (tertiary/aromatic N) is 2. The zero-order valence-electron chi connectivity index (χ0n) is 9.94. The van der Waals surface area contributed by atoms with Crippen molar-refractivity contribution in [3.8, 4) is 0 Å². The maximum Gasteiger partial charge on any atom is 0.266 e. The molecule has 0 amide bonds. The average molecular weight is 221 g/mol. The first kappa shape index (κ1) is 11.3. The third kappa shape index (κ3) is 2.92. The first-order valence-electron chi connectivity index (χ1n) is 5.95. The summed E-state index contributed by atoms with van der Waals surface area (Å²) >= 11 is 0. The van der Waals surface area contributed by atoms with Gasteiger partial charge in [0.1, 0.15) is 0 Å². The normalized spacial score (nSPS) is 17.4. The fourth-order valence-corrected chi connectivity index (χ4v) is 1.87. The van der Waals surface area contributed by atoms with E-state index in [2.05, 4.69) is 17.3 Å². The van der Waals surface area contributed by atoms with Crippen LogP contribution in [-0.2, 0) is 6.54 Å². The molecule has 0 radical (unpaired) electrons. The Morgan fingerprint density at radius 2 is 2.31 bits per heavy atom. The van der Waals surface area contributed by atoms with E-state index in [1.807, 2.05) is 6.92 Å². The molecule has 0 spiro atoms. The van der Waals surface area contributed by atoms with Gasteiger partial charge in [-0.05, 0) is 38.7 Å². The van der Waals surface area contributed by atoms with E-state index in [1.54, 1.807) is 12.1 Å². The molecule has 4 heteroatoms. The predicted molar refractivity (Wildman–Crippen MR) is 63.4 cm³/mol. The van der Waals surface area contributed by atoms with Crippen LogP contribution in [-0.4, -0.2) is 22.4 Å². The molecule has 4 nitrogen and oxygen atoms in total. The summed E-state index contributed by atoms with van der Waals surface area (Å²) in [4.78, 5) is 11.5. The van der Waals surface area contributed by atoms with Crippen LogP contribution in [0.4, 0.5) is 0 Å². The quantitative estimate of drug-likeness (QED) is 0.805. The van der Waals surface area contributed by atoms with Gasteiger partial charge in [-0.25, -0.2) is 4.68 Å². The van der Waals surface area contributed by atoms with Crippen molar-refractivity contribution in [2.45, 2.75) is 39.3 Å². The molecule has 1 heterocycles. The molecule has 0 bridgehead atoms. The van der Waals surface area contributed by atoms with Gasteiger partial charge in [-0.3, -0.25) is 4.79 Å². The SMILES string of the molecule is Cc1ccc(=O)n(CCNC(C)C2CC2)n1. The zero-order valence-corrected chi connectivity index (χ0v) is 9.94.